The highest BCUT2D eigenvalue weighted by atomic mass is 127. The van der Waals surface area contributed by atoms with Gasteiger partial charge in [-0.1, -0.05) is 0 Å². The molecule has 0 radical (unpaired) electrons. The molecule has 1 N–H and O–H groups in total. The average Bonchev–Trinajstić information content (AvgIpc) is 2.01. The van der Waals surface area contributed by atoms with Gasteiger partial charge in [-0.05, 0) is 6.08 Å². The number of amides is 1. The molecule has 2 heterocycles. The Morgan fingerprint density at radius 3 is 2.64 bits per heavy atom. The summed E-state index contributed by atoms with van der Waals surface area (Å²) in [6.45, 7) is 0. The molecule has 1 atom stereocenters. The van der Waals surface area contributed by atoms with E-state index in [2.05, 4.69) is 0 Å². The van der Waals surface area contributed by atoms with Gasteiger partial charge in [-0.3, -0.25) is 9.69 Å². The molecule has 1 amide bonds. The Hall–Kier alpha value is 0.490. The van der Waals surface area contributed by atoms with Gasteiger partial charge in [-0.2, -0.15) is 0 Å². The van der Waals surface area contributed by atoms with Gasteiger partial charge in [0.25, 0.3) is 0 Å². The number of hydrogen-bond acceptors (Lipinski definition) is 3. The number of carboxylic acids is 1. The summed E-state index contributed by atoms with van der Waals surface area (Å²) < 4.78 is 0. The summed E-state index contributed by atoms with van der Waals surface area (Å²) in [5, 5.41) is 8.78. The summed E-state index contributed by atoms with van der Waals surface area (Å²) in [7, 11) is 0. The predicted molar refractivity (Wildman–Crippen MR) is 74.3 cm³/mol. The zero-order chi connectivity index (χ0) is 8.72. The number of β-lactam (4-membered cyclic amide) rings is 1. The number of thioether (sulfide) groups is 1. The lowest BCUT2D eigenvalue weighted by molar-refractivity contribution is -0.146. The van der Waals surface area contributed by atoms with Crippen LogP contribution in [0.3, 0.4) is 0 Å². The Morgan fingerprint density at radius 1 is 1.57 bits per heavy atom. The molecule has 0 saturated carbocycles. The largest absolute Gasteiger partial charge is 0.477 e. The van der Waals surface area contributed by atoms with Crippen LogP contribution < -0.4 is 0 Å². The standard InChI is InChI=1S/C7H7NO3S.2HI/c9-5-3-6-8(5)4(7(10)11)1-2-12-6;;/h1,6H,2-3H2,(H,10,11);2*1H. The van der Waals surface area contributed by atoms with E-state index in [1.165, 1.54) is 4.90 Å². The van der Waals surface area contributed by atoms with Gasteiger partial charge in [0.2, 0.25) is 5.91 Å². The van der Waals surface area contributed by atoms with Crippen LogP contribution in [-0.2, 0) is 9.59 Å². The highest BCUT2D eigenvalue weighted by Gasteiger charge is 2.42. The summed E-state index contributed by atoms with van der Waals surface area (Å²) in [5.41, 5.74) is 0.148. The van der Waals surface area contributed by atoms with Gasteiger partial charge in [-0.15, -0.1) is 59.7 Å². The molecule has 0 aliphatic carbocycles. The summed E-state index contributed by atoms with van der Waals surface area (Å²) in [6.07, 6.45) is 2.07. The molecule has 0 spiro atoms. The van der Waals surface area contributed by atoms with E-state index >= 15 is 0 Å². The van der Waals surface area contributed by atoms with Crippen molar-refractivity contribution in [2.24, 2.45) is 0 Å². The number of fused-ring (bicyclic) bond motifs is 1. The van der Waals surface area contributed by atoms with E-state index < -0.39 is 5.97 Å². The number of carbonyl (C=O) groups is 2. The fourth-order valence-electron chi connectivity index (χ4n) is 1.34. The zero-order valence-corrected chi connectivity index (χ0v) is 12.5. The lowest BCUT2D eigenvalue weighted by Crippen LogP contribution is -2.52. The Morgan fingerprint density at radius 2 is 2.21 bits per heavy atom. The van der Waals surface area contributed by atoms with Gasteiger partial charge in [0.1, 0.15) is 5.70 Å². The summed E-state index contributed by atoms with van der Waals surface area (Å²) in [6, 6.07) is 0. The third-order valence-corrected chi connectivity index (χ3v) is 3.07. The van der Waals surface area contributed by atoms with E-state index in [4.69, 9.17) is 5.11 Å². The van der Waals surface area contributed by atoms with Crippen LogP contribution in [0.15, 0.2) is 11.8 Å². The lowest BCUT2D eigenvalue weighted by atomic mass is 10.1. The van der Waals surface area contributed by atoms with Gasteiger partial charge in [0.15, 0.2) is 0 Å². The van der Waals surface area contributed by atoms with E-state index in [-0.39, 0.29) is 64.9 Å². The second kappa shape index (κ2) is 5.54. The number of aliphatic carboxylic acids is 1. The van der Waals surface area contributed by atoms with Crippen molar-refractivity contribution >= 4 is 71.6 Å². The number of rotatable bonds is 1. The Bertz CT molecular complexity index is 295. The molecule has 0 aromatic heterocycles. The Kier molecular flexibility index (Phi) is 5.73. The quantitative estimate of drug-likeness (QED) is 0.496. The van der Waals surface area contributed by atoms with Gasteiger partial charge < -0.3 is 5.11 Å². The summed E-state index contributed by atoms with van der Waals surface area (Å²) in [5.74, 6) is -0.398. The fourth-order valence-corrected chi connectivity index (χ4v) is 2.45. The van der Waals surface area contributed by atoms with Crippen LogP contribution >= 0.6 is 59.7 Å². The number of hydrogen-bond donors (Lipinski definition) is 1. The first-order valence-electron chi connectivity index (χ1n) is 3.57. The van der Waals surface area contributed by atoms with Gasteiger partial charge >= 0.3 is 5.97 Å². The molecule has 0 aromatic rings. The molecule has 80 valence electrons. The van der Waals surface area contributed by atoms with Crippen molar-refractivity contribution in [3.8, 4) is 0 Å². The second-order valence-electron chi connectivity index (χ2n) is 2.65. The van der Waals surface area contributed by atoms with E-state index in [9.17, 15) is 9.59 Å². The van der Waals surface area contributed by atoms with Crippen LogP contribution in [-0.4, -0.2) is 33.0 Å². The molecule has 14 heavy (non-hydrogen) atoms. The van der Waals surface area contributed by atoms with Crippen LogP contribution in [0.5, 0.6) is 0 Å². The van der Waals surface area contributed by atoms with Crippen molar-refractivity contribution in [3.05, 3.63) is 11.8 Å². The van der Waals surface area contributed by atoms with E-state index in [1.54, 1.807) is 17.8 Å². The molecule has 1 saturated heterocycles. The third kappa shape index (κ3) is 2.35. The molecule has 7 heteroatoms. The van der Waals surface area contributed by atoms with Crippen molar-refractivity contribution in [1.29, 1.82) is 0 Å². The predicted octanol–water partition coefficient (Wildman–Crippen LogP) is 1.50. The average molecular weight is 441 g/mol. The molecule has 0 aromatic carbocycles. The fraction of sp³-hybridized carbons (Fsp3) is 0.429. The first-order valence-corrected chi connectivity index (χ1v) is 4.62. The Labute approximate surface area is 120 Å². The highest BCUT2D eigenvalue weighted by Crippen LogP contribution is 2.36. The van der Waals surface area contributed by atoms with Gasteiger partial charge in [-0.25, -0.2) is 4.79 Å². The zero-order valence-electron chi connectivity index (χ0n) is 7.00. The van der Waals surface area contributed by atoms with Crippen LogP contribution in [0.2, 0.25) is 0 Å². The normalized spacial score (nSPS) is 23.4. The minimum absolute atomic E-state index is 0. The van der Waals surface area contributed by atoms with Crippen LogP contribution in [0, 0.1) is 0 Å². The number of carboxylic acid groups (broad SMARTS) is 1. The number of carbonyl (C=O) groups excluding carboxylic acids is 1. The summed E-state index contributed by atoms with van der Waals surface area (Å²) >= 11 is 1.60. The van der Waals surface area contributed by atoms with Crippen molar-refractivity contribution in [1.82, 2.24) is 4.90 Å². The van der Waals surface area contributed by atoms with E-state index in [0.717, 1.165) is 0 Å². The molecule has 1 unspecified atom stereocenters. The van der Waals surface area contributed by atoms with Gasteiger partial charge in [0, 0.05) is 5.75 Å². The minimum Gasteiger partial charge on any atom is -0.477 e. The van der Waals surface area contributed by atoms with Crippen molar-refractivity contribution in [2.75, 3.05) is 5.75 Å². The maximum atomic E-state index is 11.0. The van der Waals surface area contributed by atoms with Gasteiger partial charge in [0.05, 0.1) is 11.8 Å². The maximum Gasteiger partial charge on any atom is 0.352 e. The molecule has 1 fully saturated rings. The number of halogens is 2. The molecule has 4 nitrogen and oxygen atoms in total. The Balaban J connectivity index is 0.000000845. The first-order chi connectivity index (χ1) is 5.70. The van der Waals surface area contributed by atoms with Crippen molar-refractivity contribution in [3.63, 3.8) is 0 Å². The molecular weight excluding hydrogens is 432 g/mol. The third-order valence-electron chi connectivity index (χ3n) is 1.95. The molecule has 2 aliphatic rings. The number of nitrogens with zero attached hydrogens (tertiary/aromatic N) is 1. The molecule has 2 aliphatic heterocycles. The topological polar surface area (TPSA) is 57.6 Å². The highest BCUT2D eigenvalue weighted by molar-refractivity contribution is 14.0. The van der Waals surface area contributed by atoms with Crippen molar-refractivity contribution in [2.45, 2.75) is 11.8 Å². The van der Waals surface area contributed by atoms with Crippen LogP contribution in [0.4, 0.5) is 0 Å². The molecular formula is C7H9I2NO3S. The van der Waals surface area contributed by atoms with Crippen molar-refractivity contribution < 1.29 is 14.7 Å². The first kappa shape index (κ1) is 14.5. The summed E-state index contributed by atoms with van der Waals surface area (Å²) in [4.78, 5) is 23.0. The second-order valence-corrected chi connectivity index (χ2v) is 3.86. The van der Waals surface area contributed by atoms with Crippen LogP contribution in [0.25, 0.3) is 0 Å². The SMILES string of the molecule is I.I.O=C(O)C1=CCSC2CC(=O)N12. The monoisotopic (exact) mass is 441 g/mol. The molecule has 2 rings (SSSR count). The van der Waals surface area contributed by atoms with Crippen LogP contribution in [0.1, 0.15) is 6.42 Å². The van der Waals surface area contributed by atoms with E-state index in [1.807, 2.05) is 0 Å². The minimum atomic E-state index is -1.01. The van der Waals surface area contributed by atoms with E-state index in [0.29, 0.717) is 12.2 Å². The maximum absolute atomic E-state index is 11.0. The molecule has 0 bridgehead atoms. The lowest BCUT2D eigenvalue weighted by Gasteiger charge is -2.42. The smallest absolute Gasteiger partial charge is 0.352 e.